The van der Waals surface area contributed by atoms with Gasteiger partial charge in [0.1, 0.15) is 0 Å². The number of nitro benzene ring substituents is 1. The van der Waals surface area contributed by atoms with E-state index in [0.29, 0.717) is 26.1 Å². The lowest BCUT2D eigenvalue weighted by molar-refractivity contribution is -0.385. The Labute approximate surface area is 140 Å². The Balaban J connectivity index is 1.76. The van der Waals surface area contributed by atoms with Crippen LogP contribution in [0, 0.1) is 16.0 Å². The highest BCUT2D eigenvalue weighted by Crippen LogP contribution is 2.31. The molecule has 0 atom stereocenters. The Morgan fingerprint density at radius 2 is 1.92 bits per heavy atom. The lowest BCUT2D eigenvalue weighted by Crippen LogP contribution is -2.37. The van der Waals surface area contributed by atoms with Gasteiger partial charge in [-0.25, -0.2) is 8.42 Å². The first-order valence-electron chi connectivity index (χ1n) is 7.93. The van der Waals surface area contributed by atoms with Gasteiger partial charge in [-0.2, -0.15) is 4.31 Å². The van der Waals surface area contributed by atoms with Crippen molar-refractivity contribution in [1.82, 2.24) is 9.21 Å². The lowest BCUT2D eigenvalue weighted by atomic mass is 10.3. The van der Waals surface area contributed by atoms with Gasteiger partial charge in [-0.3, -0.25) is 14.9 Å². The van der Waals surface area contributed by atoms with E-state index in [1.165, 1.54) is 22.5 Å². The number of sulfonamides is 1. The Morgan fingerprint density at radius 3 is 2.58 bits per heavy atom. The van der Waals surface area contributed by atoms with Crippen molar-refractivity contribution in [2.75, 3.05) is 26.2 Å². The monoisotopic (exact) mass is 353 g/mol. The Bertz CT molecular complexity index is 760. The summed E-state index contributed by atoms with van der Waals surface area (Å²) >= 11 is 0. The zero-order valence-electron chi connectivity index (χ0n) is 13.1. The molecule has 1 saturated carbocycles. The quantitative estimate of drug-likeness (QED) is 0.598. The molecular formula is C15H19N3O5S. The van der Waals surface area contributed by atoms with Gasteiger partial charge in [0.15, 0.2) is 0 Å². The van der Waals surface area contributed by atoms with E-state index in [4.69, 9.17) is 0 Å². The van der Waals surface area contributed by atoms with Gasteiger partial charge in [-0.15, -0.1) is 0 Å². The van der Waals surface area contributed by atoms with Crippen molar-refractivity contribution in [2.45, 2.75) is 24.2 Å². The first-order chi connectivity index (χ1) is 11.4. The summed E-state index contributed by atoms with van der Waals surface area (Å²) in [5, 5.41) is 10.9. The van der Waals surface area contributed by atoms with Crippen molar-refractivity contribution >= 4 is 21.6 Å². The van der Waals surface area contributed by atoms with Crippen LogP contribution in [0.15, 0.2) is 29.2 Å². The van der Waals surface area contributed by atoms with Crippen molar-refractivity contribution in [3.63, 3.8) is 0 Å². The molecule has 8 nitrogen and oxygen atoms in total. The smallest absolute Gasteiger partial charge is 0.270 e. The van der Waals surface area contributed by atoms with Crippen molar-refractivity contribution in [1.29, 1.82) is 0 Å². The average molecular weight is 353 g/mol. The highest BCUT2D eigenvalue weighted by molar-refractivity contribution is 7.89. The third-order valence-corrected chi connectivity index (χ3v) is 6.25. The number of non-ortho nitro benzene ring substituents is 1. The lowest BCUT2D eigenvalue weighted by Gasteiger charge is -2.22. The number of carbonyl (C=O) groups excluding carboxylic acids is 1. The van der Waals surface area contributed by atoms with Crippen LogP contribution in [0.4, 0.5) is 5.69 Å². The second kappa shape index (κ2) is 6.48. The minimum atomic E-state index is -3.80. The molecule has 0 radical (unpaired) electrons. The third kappa shape index (κ3) is 3.41. The molecule has 1 aliphatic carbocycles. The van der Waals surface area contributed by atoms with E-state index in [9.17, 15) is 23.3 Å². The number of nitro groups is 1. The van der Waals surface area contributed by atoms with E-state index in [2.05, 4.69) is 0 Å². The summed E-state index contributed by atoms with van der Waals surface area (Å²) in [6, 6.07) is 5.07. The van der Waals surface area contributed by atoms with Gasteiger partial charge in [-0.05, 0) is 25.3 Å². The standard InChI is InChI=1S/C15H19N3O5S/c19-15(12-5-6-12)16-7-2-8-17(10-9-16)24(22,23)14-4-1-3-13(11-14)18(20)21/h1,3-4,11-12H,2,5-10H2. The second-order valence-corrected chi connectivity index (χ2v) is 8.05. The van der Waals surface area contributed by atoms with E-state index >= 15 is 0 Å². The number of amides is 1. The topological polar surface area (TPSA) is 101 Å². The molecule has 2 fully saturated rings. The summed E-state index contributed by atoms with van der Waals surface area (Å²) in [6.07, 6.45) is 2.41. The molecule has 1 aromatic carbocycles. The molecule has 0 unspecified atom stereocenters. The minimum absolute atomic E-state index is 0.0846. The number of hydrogen-bond donors (Lipinski definition) is 0. The summed E-state index contributed by atoms with van der Waals surface area (Å²) in [5.74, 6) is 0.231. The Morgan fingerprint density at radius 1 is 1.17 bits per heavy atom. The largest absolute Gasteiger partial charge is 0.341 e. The normalized spacial score (nSPS) is 19.8. The molecule has 1 aliphatic heterocycles. The minimum Gasteiger partial charge on any atom is -0.341 e. The van der Waals surface area contributed by atoms with Crippen LogP contribution in [0.5, 0.6) is 0 Å². The Hall–Kier alpha value is -2.00. The molecule has 9 heteroatoms. The Kier molecular flexibility index (Phi) is 4.55. The van der Waals surface area contributed by atoms with Crippen LogP contribution < -0.4 is 0 Å². The summed E-state index contributed by atoms with van der Waals surface area (Å²) in [4.78, 5) is 24.0. The molecule has 2 aliphatic rings. The summed E-state index contributed by atoms with van der Waals surface area (Å²) in [5.41, 5.74) is -0.253. The first kappa shape index (κ1) is 16.8. The van der Waals surface area contributed by atoms with Crippen LogP contribution in [-0.2, 0) is 14.8 Å². The molecule has 130 valence electrons. The molecule has 0 N–H and O–H groups in total. The number of rotatable bonds is 4. The van der Waals surface area contributed by atoms with Crippen LogP contribution in [0.1, 0.15) is 19.3 Å². The van der Waals surface area contributed by atoms with Gasteiger partial charge < -0.3 is 4.90 Å². The fraction of sp³-hybridized carbons (Fsp3) is 0.533. The van der Waals surface area contributed by atoms with E-state index in [1.807, 2.05) is 0 Å². The average Bonchev–Trinajstić information content (AvgIpc) is 3.40. The van der Waals surface area contributed by atoms with Crippen LogP contribution >= 0.6 is 0 Å². The molecule has 1 aromatic rings. The summed E-state index contributed by atoms with van der Waals surface area (Å²) in [6.45, 7) is 1.43. The van der Waals surface area contributed by atoms with Crippen LogP contribution in [0.2, 0.25) is 0 Å². The predicted molar refractivity (Wildman–Crippen MR) is 85.8 cm³/mol. The summed E-state index contributed by atoms with van der Waals surface area (Å²) in [7, 11) is -3.80. The van der Waals surface area contributed by atoms with Gasteiger partial charge in [0.05, 0.1) is 9.82 Å². The molecule has 0 aromatic heterocycles. The molecule has 1 saturated heterocycles. The van der Waals surface area contributed by atoms with Crippen LogP contribution in [-0.4, -0.2) is 54.6 Å². The van der Waals surface area contributed by atoms with E-state index in [0.717, 1.165) is 18.9 Å². The van der Waals surface area contributed by atoms with Gasteiger partial charge in [0.25, 0.3) is 5.69 Å². The molecule has 0 bridgehead atoms. The second-order valence-electron chi connectivity index (χ2n) is 6.11. The van der Waals surface area contributed by atoms with E-state index in [1.54, 1.807) is 4.90 Å². The van der Waals surface area contributed by atoms with Crippen molar-refractivity contribution in [3.05, 3.63) is 34.4 Å². The molecule has 1 amide bonds. The maximum Gasteiger partial charge on any atom is 0.270 e. The van der Waals surface area contributed by atoms with Crippen LogP contribution in [0.3, 0.4) is 0 Å². The van der Waals surface area contributed by atoms with E-state index in [-0.39, 0.29) is 29.0 Å². The molecular weight excluding hydrogens is 334 g/mol. The third-order valence-electron chi connectivity index (χ3n) is 4.36. The highest BCUT2D eigenvalue weighted by atomic mass is 32.2. The molecule has 3 rings (SSSR count). The van der Waals surface area contributed by atoms with Gasteiger partial charge in [0, 0.05) is 44.2 Å². The highest BCUT2D eigenvalue weighted by Gasteiger charge is 2.35. The maximum absolute atomic E-state index is 12.7. The number of carbonyl (C=O) groups is 1. The van der Waals surface area contributed by atoms with Crippen molar-refractivity contribution < 1.29 is 18.1 Å². The number of benzene rings is 1. The summed E-state index contributed by atoms with van der Waals surface area (Å²) < 4.78 is 26.8. The van der Waals surface area contributed by atoms with E-state index < -0.39 is 14.9 Å². The van der Waals surface area contributed by atoms with Gasteiger partial charge >= 0.3 is 0 Å². The predicted octanol–water partition coefficient (Wildman–Crippen LogP) is 1.23. The molecule has 1 heterocycles. The van der Waals surface area contributed by atoms with Gasteiger partial charge in [-0.1, -0.05) is 6.07 Å². The SMILES string of the molecule is O=C(C1CC1)N1CCCN(S(=O)(=O)c2cccc([N+](=O)[O-])c2)CC1. The molecule has 0 spiro atoms. The van der Waals surface area contributed by atoms with Crippen LogP contribution in [0.25, 0.3) is 0 Å². The fourth-order valence-corrected chi connectivity index (χ4v) is 4.36. The zero-order valence-corrected chi connectivity index (χ0v) is 13.9. The first-order valence-corrected chi connectivity index (χ1v) is 9.37. The number of hydrogen-bond acceptors (Lipinski definition) is 5. The zero-order chi connectivity index (χ0) is 17.3. The van der Waals surface area contributed by atoms with Gasteiger partial charge in [0.2, 0.25) is 15.9 Å². The molecule has 24 heavy (non-hydrogen) atoms. The maximum atomic E-state index is 12.7. The fourth-order valence-electron chi connectivity index (χ4n) is 2.85. The van der Waals surface area contributed by atoms with Crippen molar-refractivity contribution in [3.8, 4) is 0 Å². The van der Waals surface area contributed by atoms with Crippen molar-refractivity contribution in [2.24, 2.45) is 5.92 Å². The number of nitrogens with zero attached hydrogens (tertiary/aromatic N) is 3.